The van der Waals surface area contributed by atoms with Crippen LogP contribution in [-0.2, 0) is 23.9 Å². The first-order chi connectivity index (χ1) is 10.9. The number of carboxylic acid groups (broad SMARTS) is 3. The molecular formula is C16H28O8. The maximum Gasteiger partial charge on any atom is 0.305 e. The second-order valence-electron chi connectivity index (χ2n) is 6.46. The third kappa shape index (κ3) is 24.9. The van der Waals surface area contributed by atoms with Crippen molar-refractivity contribution in [2.24, 2.45) is 5.41 Å². The number of rotatable bonds is 10. The third-order valence-corrected chi connectivity index (χ3v) is 2.47. The first-order valence-corrected chi connectivity index (χ1v) is 7.75. The third-order valence-electron chi connectivity index (χ3n) is 2.47. The lowest BCUT2D eigenvalue weighted by Crippen LogP contribution is -2.18. The van der Waals surface area contributed by atoms with Crippen LogP contribution in [0.25, 0.3) is 0 Å². The van der Waals surface area contributed by atoms with E-state index < -0.39 is 17.9 Å². The summed E-state index contributed by atoms with van der Waals surface area (Å²) in [7, 11) is 0. The van der Waals surface area contributed by atoms with Gasteiger partial charge >= 0.3 is 23.9 Å². The summed E-state index contributed by atoms with van der Waals surface area (Å²) in [5, 5.41) is 24.4. The van der Waals surface area contributed by atoms with E-state index >= 15 is 0 Å². The van der Waals surface area contributed by atoms with Crippen molar-refractivity contribution in [1.29, 1.82) is 0 Å². The largest absolute Gasteiger partial charge is 0.481 e. The van der Waals surface area contributed by atoms with Crippen molar-refractivity contribution < 1.29 is 39.2 Å². The SMILES string of the molecule is CC(C)(C)COC(=O)CCCCC(=O)O.O=C(O)CCCC(=O)O. The highest BCUT2D eigenvalue weighted by atomic mass is 16.5. The Kier molecular flexibility index (Phi) is 13.4. The van der Waals surface area contributed by atoms with Gasteiger partial charge < -0.3 is 20.1 Å². The molecule has 0 aliphatic carbocycles. The molecule has 0 aliphatic heterocycles. The van der Waals surface area contributed by atoms with Crippen LogP contribution in [0.15, 0.2) is 0 Å². The number of carbonyl (C=O) groups is 4. The van der Waals surface area contributed by atoms with Crippen LogP contribution in [0.2, 0.25) is 0 Å². The molecular weight excluding hydrogens is 320 g/mol. The van der Waals surface area contributed by atoms with Crippen molar-refractivity contribution in [2.45, 2.75) is 65.7 Å². The molecule has 0 aromatic carbocycles. The lowest BCUT2D eigenvalue weighted by atomic mass is 9.99. The average molecular weight is 348 g/mol. The predicted molar refractivity (Wildman–Crippen MR) is 85.6 cm³/mol. The minimum absolute atomic E-state index is 0.0171. The van der Waals surface area contributed by atoms with Gasteiger partial charge in [-0.25, -0.2) is 0 Å². The molecule has 0 fully saturated rings. The molecule has 0 saturated carbocycles. The highest BCUT2D eigenvalue weighted by molar-refractivity contribution is 5.70. The van der Waals surface area contributed by atoms with Gasteiger partial charge in [-0.3, -0.25) is 19.2 Å². The van der Waals surface area contributed by atoms with Crippen molar-refractivity contribution >= 4 is 23.9 Å². The summed E-state index contributed by atoms with van der Waals surface area (Å²) in [5.74, 6) is -2.96. The Labute approximate surface area is 141 Å². The number of hydrogen-bond acceptors (Lipinski definition) is 5. The van der Waals surface area contributed by atoms with Crippen molar-refractivity contribution in [1.82, 2.24) is 0 Å². The first-order valence-electron chi connectivity index (χ1n) is 7.75. The van der Waals surface area contributed by atoms with Gasteiger partial charge in [-0.05, 0) is 24.7 Å². The summed E-state index contributed by atoms with van der Waals surface area (Å²) in [4.78, 5) is 40.9. The highest BCUT2D eigenvalue weighted by Gasteiger charge is 2.13. The van der Waals surface area contributed by atoms with Gasteiger partial charge in [-0.1, -0.05) is 20.8 Å². The Morgan fingerprint density at radius 1 is 0.708 bits per heavy atom. The second-order valence-corrected chi connectivity index (χ2v) is 6.46. The van der Waals surface area contributed by atoms with E-state index in [0.717, 1.165) is 0 Å². The Balaban J connectivity index is 0. The molecule has 0 aromatic heterocycles. The maximum atomic E-state index is 11.2. The molecule has 24 heavy (non-hydrogen) atoms. The van der Waals surface area contributed by atoms with E-state index in [1.165, 1.54) is 0 Å². The number of esters is 1. The lowest BCUT2D eigenvalue weighted by Gasteiger charge is -2.17. The normalized spacial score (nSPS) is 10.3. The molecule has 0 saturated heterocycles. The predicted octanol–water partition coefficient (Wildman–Crippen LogP) is 2.55. The molecule has 140 valence electrons. The molecule has 0 rings (SSSR count). The van der Waals surface area contributed by atoms with Gasteiger partial charge in [0.15, 0.2) is 0 Å². The van der Waals surface area contributed by atoms with Crippen molar-refractivity contribution in [3.8, 4) is 0 Å². The fraction of sp³-hybridized carbons (Fsp3) is 0.750. The van der Waals surface area contributed by atoms with E-state index in [1.54, 1.807) is 0 Å². The molecule has 0 spiro atoms. The van der Waals surface area contributed by atoms with Crippen molar-refractivity contribution in [2.75, 3.05) is 6.61 Å². The summed E-state index contributed by atoms with van der Waals surface area (Å²) < 4.78 is 5.03. The van der Waals surface area contributed by atoms with Gasteiger partial charge in [0, 0.05) is 25.7 Å². The van der Waals surface area contributed by atoms with Crippen LogP contribution < -0.4 is 0 Å². The zero-order valence-corrected chi connectivity index (χ0v) is 14.5. The second kappa shape index (κ2) is 13.3. The Hall–Kier alpha value is -2.12. The summed E-state index contributed by atoms with van der Waals surface area (Å²) in [6, 6.07) is 0. The summed E-state index contributed by atoms with van der Waals surface area (Å²) in [6.07, 6.45) is 1.62. The lowest BCUT2D eigenvalue weighted by molar-refractivity contribution is -0.147. The van der Waals surface area contributed by atoms with E-state index in [2.05, 4.69) is 0 Å². The molecule has 0 radical (unpaired) electrons. The van der Waals surface area contributed by atoms with Gasteiger partial charge in [-0.2, -0.15) is 0 Å². The number of hydrogen-bond donors (Lipinski definition) is 3. The quantitative estimate of drug-likeness (QED) is 0.404. The molecule has 0 amide bonds. The maximum absolute atomic E-state index is 11.2. The van der Waals surface area contributed by atoms with Gasteiger partial charge in [-0.15, -0.1) is 0 Å². The molecule has 0 unspecified atom stereocenters. The number of carbonyl (C=O) groups excluding carboxylic acids is 1. The highest BCUT2D eigenvalue weighted by Crippen LogP contribution is 2.13. The number of ether oxygens (including phenoxy) is 1. The van der Waals surface area contributed by atoms with Gasteiger partial charge in [0.05, 0.1) is 6.61 Å². The fourth-order valence-corrected chi connectivity index (χ4v) is 1.31. The zero-order valence-electron chi connectivity index (χ0n) is 14.5. The molecule has 0 bridgehead atoms. The van der Waals surface area contributed by atoms with Gasteiger partial charge in [0.25, 0.3) is 0 Å². The standard InChI is InChI=1S/C11H20O4.C5H8O4/c1-11(2,3)8-15-10(14)7-5-4-6-9(12)13;6-4(7)2-1-3-5(8)9/h4-8H2,1-3H3,(H,12,13);1-3H2,(H,6,7)(H,8,9). The first kappa shape index (κ1) is 24.1. The smallest absolute Gasteiger partial charge is 0.305 e. The Morgan fingerprint density at radius 3 is 1.46 bits per heavy atom. The number of carboxylic acids is 3. The van der Waals surface area contributed by atoms with Crippen molar-refractivity contribution in [3.05, 3.63) is 0 Å². The van der Waals surface area contributed by atoms with Crippen LogP contribution in [0, 0.1) is 5.41 Å². The van der Waals surface area contributed by atoms with Crippen LogP contribution in [0.4, 0.5) is 0 Å². The summed E-state index contributed by atoms with van der Waals surface area (Å²) >= 11 is 0. The van der Waals surface area contributed by atoms with Crippen molar-refractivity contribution in [3.63, 3.8) is 0 Å². The van der Waals surface area contributed by atoms with Crippen LogP contribution in [0.1, 0.15) is 65.7 Å². The van der Waals surface area contributed by atoms with Crippen LogP contribution in [-0.4, -0.2) is 45.8 Å². The van der Waals surface area contributed by atoms with E-state index in [0.29, 0.717) is 25.9 Å². The molecule has 0 atom stereocenters. The van der Waals surface area contributed by atoms with E-state index in [9.17, 15) is 19.2 Å². The zero-order chi connectivity index (χ0) is 19.2. The molecule has 0 aromatic rings. The van der Waals surface area contributed by atoms with E-state index in [-0.39, 0.29) is 37.1 Å². The monoisotopic (exact) mass is 348 g/mol. The Morgan fingerprint density at radius 2 is 1.08 bits per heavy atom. The number of unbranched alkanes of at least 4 members (excludes halogenated alkanes) is 1. The van der Waals surface area contributed by atoms with Crippen LogP contribution in [0.5, 0.6) is 0 Å². The number of aliphatic carboxylic acids is 3. The molecule has 0 heterocycles. The van der Waals surface area contributed by atoms with Gasteiger partial charge in [0.2, 0.25) is 0 Å². The molecule has 8 nitrogen and oxygen atoms in total. The van der Waals surface area contributed by atoms with Crippen LogP contribution >= 0.6 is 0 Å². The average Bonchev–Trinajstić information content (AvgIpc) is 2.40. The van der Waals surface area contributed by atoms with E-state index in [1.807, 2.05) is 20.8 Å². The molecule has 3 N–H and O–H groups in total. The topological polar surface area (TPSA) is 138 Å². The van der Waals surface area contributed by atoms with Gasteiger partial charge in [0.1, 0.15) is 0 Å². The molecule has 0 aliphatic rings. The summed E-state index contributed by atoms with van der Waals surface area (Å²) in [6.45, 7) is 6.38. The fourth-order valence-electron chi connectivity index (χ4n) is 1.31. The minimum atomic E-state index is -0.948. The Bertz CT molecular complexity index is 395. The molecule has 8 heteroatoms. The van der Waals surface area contributed by atoms with Crippen LogP contribution in [0.3, 0.4) is 0 Å². The minimum Gasteiger partial charge on any atom is -0.481 e. The summed E-state index contributed by atoms with van der Waals surface area (Å²) in [5.41, 5.74) is -0.0171. The van der Waals surface area contributed by atoms with E-state index in [4.69, 9.17) is 20.1 Å².